The van der Waals surface area contributed by atoms with Crippen LogP contribution >= 0.6 is 0 Å². The molecule has 1 unspecified atom stereocenters. The average Bonchev–Trinajstić information content (AvgIpc) is 3.18. The fourth-order valence-electron chi connectivity index (χ4n) is 4.21. The minimum absolute atomic E-state index is 0.140. The molecule has 8 heteroatoms. The monoisotopic (exact) mass is 441 g/mol. The van der Waals surface area contributed by atoms with Gasteiger partial charge in [-0.3, -0.25) is 14.7 Å². The number of aromatic amines is 1. The maximum absolute atomic E-state index is 12.2. The number of nitrogens with one attached hydrogen (secondary N) is 3. The summed E-state index contributed by atoms with van der Waals surface area (Å²) in [4.78, 5) is 2.44. The first kappa shape index (κ1) is 21.6. The lowest BCUT2D eigenvalue weighted by Gasteiger charge is -2.34. The first-order valence-electron chi connectivity index (χ1n) is 10.9. The number of aromatic nitrogens is 2. The Balaban J connectivity index is 1.40. The Morgan fingerprint density at radius 1 is 1.23 bits per heavy atom. The van der Waals surface area contributed by atoms with E-state index in [0.717, 1.165) is 60.2 Å². The van der Waals surface area contributed by atoms with Crippen LogP contribution in [0.1, 0.15) is 37.3 Å². The van der Waals surface area contributed by atoms with Crippen molar-refractivity contribution in [3.63, 3.8) is 0 Å². The van der Waals surface area contributed by atoms with Crippen molar-refractivity contribution in [1.82, 2.24) is 15.1 Å². The lowest BCUT2D eigenvalue weighted by molar-refractivity contribution is 0.208. The van der Waals surface area contributed by atoms with Crippen molar-refractivity contribution in [3.05, 3.63) is 53.7 Å². The predicted octanol–water partition coefficient (Wildman–Crippen LogP) is 4.10. The molecule has 0 bridgehead atoms. The van der Waals surface area contributed by atoms with E-state index in [4.69, 9.17) is 0 Å². The van der Waals surface area contributed by atoms with Crippen molar-refractivity contribution >= 4 is 32.3 Å². The molecule has 1 saturated heterocycles. The van der Waals surface area contributed by atoms with E-state index < -0.39 is 10.0 Å². The number of hydrogen-bond acceptors (Lipinski definition) is 5. The number of rotatable bonds is 8. The molecule has 1 aliphatic rings. The van der Waals surface area contributed by atoms with Gasteiger partial charge < -0.3 is 5.32 Å². The van der Waals surface area contributed by atoms with Crippen LogP contribution in [0.5, 0.6) is 0 Å². The molecule has 4 rings (SSSR count). The maximum atomic E-state index is 12.2. The summed E-state index contributed by atoms with van der Waals surface area (Å²) < 4.78 is 27.2. The van der Waals surface area contributed by atoms with Crippen LogP contribution in [0.4, 0.5) is 11.4 Å². The smallest absolute Gasteiger partial charge is 0.232 e. The van der Waals surface area contributed by atoms with Crippen LogP contribution in [0.25, 0.3) is 10.9 Å². The van der Waals surface area contributed by atoms with Crippen LogP contribution < -0.4 is 10.0 Å². The fourth-order valence-corrected chi connectivity index (χ4v) is 5.40. The average molecular weight is 442 g/mol. The first-order chi connectivity index (χ1) is 14.9. The van der Waals surface area contributed by atoms with E-state index in [1.54, 1.807) is 0 Å². The number of likely N-dealkylation sites (tertiary alicyclic amines) is 1. The molecule has 2 aromatic carbocycles. The van der Waals surface area contributed by atoms with E-state index in [1.165, 1.54) is 0 Å². The fraction of sp³-hybridized carbons (Fsp3) is 0.435. The Morgan fingerprint density at radius 3 is 2.94 bits per heavy atom. The van der Waals surface area contributed by atoms with E-state index in [2.05, 4.69) is 49.4 Å². The van der Waals surface area contributed by atoms with Gasteiger partial charge in [0.2, 0.25) is 10.0 Å². The van der Waals surface area contributed by atoms with Crippen molar-refractivity contribution in [2.45, 2.75) is 45.7 Å². The van der Waals surface area contributed by atoms with E-state index in [0.29, 0.717) is 18.2 Å². The minimum atomic E-state index is -3.29. The number of benzene rings is 2. The molecule has 1 aromatic heterocycles. The maximum Gasteiger partial charge on any atom is 0.232 e. The molecule has 1 aliphatic heterocycles. The molecule has 0 radical (unpaired) electrons. The Labute approximate surface area is 184 Å². The van der Waals surface area contributed by atoms with Crippen LogP contribution in [0.2, 0.25) is 0 Å². The highest BCUT2D eigenvalue weighted by atomic mass is 32.2. The molecular weight excluding hydrogens is 410 g/mol. The zero-order chi connectivity index (χ0) is 21.8. The Kier molecular flexibility index (Phi) is 6.48. The Hall–Kier alpha value is -2.58. The van der Waals surface area contributed by atoms with Crippen molar-refractivity contribution < 1.29 is 8.42 Å². The van der Waals surface area contributed by atoms with E-state index in [1.807, 2.05) is 32.2 Å². The van der Waals surface area contributed by atoms with Gasteiger partial charge in [-0.05, 0) is 68.1 Å². The van der Waals surface area contributed by atoms with Crippen LogP contribution in [-0.4, -0.2) is 48.4 Å². The molecule has 0 aliphatic carbocycles. The molecule has 166 valence electrons. The molecule has 31 heavy (non-hydrogen) atoms. The predicted molar refractivity (Wildman–Crippen MR) is 127 cm³/mol. The summed E-state index contributed by atoms with van der Waals surface area (Å²) >= 11 is 0. The van der Waals surface area contributed by atoms with Crippen molar-refractivity contribution in [3.8, 4) is 0 Å². The zero-order valence-corrected chi connectivity index (χ0v) is 19.0. The molecule has 2 heterocycles. The van der Waals surface area contributed by atoms with Gasteiger partial charge in [-0.1, -0.05) is 19.1 Å². The highest BCUT2D eigenvalue weighted by molar-refractivity contribution is 7.92. The molecule has 0 spiro atoms. The minimum Gasteiger partial charge on any atom is -0.381 e. The van der Waals surface area contributed by atoms with Gasteiger partial charge in [-0.25, -0.2) is 8.42 Å². The van der Waals surface area contributed by atoms with Gasteiger partial charge in [0.25, 0.3) is 0 Å². The lowest BCUT2D eigenvalue weighted by Crippen LogP contribution is -2.41. The van der Waals surface area contributed by atoms with E-state index >= 15 is 0 Å². The summed E-state index contributed by atoms with van der Waals surface area (Å²) in [6.07, 6.45) is 4.71. The molecule has 3 aromatic rings. The first-order valence-corrected chi connectivity index (χ1v) is 12.6. The van der Waals surface area contributed by atoms with Gasteiger partial charge in [0, 0.05) is 30.2 Å². The highest BCUT2D eigenvalue weighted by Crippen LogP contribution is 2.23. The van der Waals surface area contributed by atoms with Crippen LogP contribution in [0, 0.1) is 6.92 Å². The topological polar surface area (TPSA) is 90.1 Å². The van der Waals surface area contributed by atoms with E-state index in [-0.39, 0.29) is 5.75 Å². The summed E-state index contributed by atoms with van der Waals surface area (Å²) in [6, 6.07) is 12.7. The molecule has 0 amide bonds. The molecule has 1 atom stereocenters. The summed E-state index contributed by atoms with van der Waals surface area (Å²) in [5, 5.41) is 11.9. The zero-order valence-electron chi connectivity index (χ0n) is 18.2. The van der Waals surface area contributed by atoms with Gasteiger partial charge in [0.1, 0.15) is 0 Å². The van der Waals surface area contributed by atoms with Crippen LogP contribution in [0.3, 0.4) is 0 Å². The molecule has 3 N–H and O–H groups in total. The van der Waals surface area contributed by atoms with E-state index in [9.17, 15) is 8.42 Å². The number of fused-ring (bicyclic) bond motifs is 1. The van der Waals surface area contributed by atoms with Gasteiger partial charge >= 0.3 is 0 Å². The second kappa shape index (κ2) is 9.28. The molecule has 7 nitrogen and oxygen atoms in total. The molecular formula is C23H31N5O2S. The normalized spacial score (nSPS) is 17.7. The molecule has 0 saturated carbocycles. The standard InChI is InChI=1S/C23H31N5O2S/c1-3-11-31(29,30)27-23-12-18(7-6-17(23)2)15-28-10-4-5-21(16-28)25-20-8-9-22-19(13-20)14-24-26-22/h6-9,12-14,21,25,27H,3-5,10-11,15-16H2,1-2H3,(H,24,26). The summed E-state index contributed by atoms with van der Waals surface area (Å²) in [5.74, 6) is 0.140. The number of aryl methyl sites for hydroxylation is 1. The number of piperidine rings is 1. The quantitative estimate of drug-likeness (QED) is 0.490. The third-order valence-corrected chi connectivity index (χ3v) is 7.24. The Morgan fingerprint density at radius 2 is 2.10 bits per heavy atom. The number of nitrogens with zero attached hydrogens (tertiary/aromatic N) is 2. The van der Waals surface area contributed by atoms with Crippen LogP contribution in [-0.2, 0) is 16.6 Å². The second-order valence-electron chi connectivity index (χ2n) is 8.46. The number of H-pyrrole nitrogens is 1. The highest BCUT2D eigenvalue weighted by Gasteiger charge is 2.20. The van der Waals surface area contributed by atoms with Crippen molar-refractivity contribution in [2.24, 2.45) is 0 Å². The van der Waals surface area contributed by atoms with Crippen LogP contribution in [0.15, 0.2) is 42.6 Å². The summed E-state index contributed by atoms with van der Waals surface area (Å²) in [6.45, 7) is 6.61. The summed E-state index contributed by atoms with van der Waals surface area (Å²) in [5.41, 5.74) is 4.91. The number of sulfonamides is 1. The van der Waals surface area contributed by atoms with Gasteiger partial charge in [0.15, 0.2) is 0 Å². The van der Waals surface area contributed by atoms with Crippen molar-refractivity contribution in [1.29, 1.82) is 0 Å². The van der Waals surface area contributed by atoms with Gasteiger partial charge in [0.05, 0.1) is 23.2 Å². The lowest BCUT2D eigenvalue weighted by atomic mass is 10.0. The van der Waals surface area contributed by atoms with Crippen molar-refractivity contribution in [2.75, 3.05) is 28.9 Å². The van der Waals surface area contributed by atoms with Gasteiger partial charge in [-0.2, -0.15) is 5.10 Å². The number of anilines is 2. The number of hydrogen-bond donors (Lipinski definition) is 3. The SMILES string of the molecule is CCCS(=O)(=O)Nc1cc(CN2CCCC(Nc3ccc4[nH]ncc4c3)C2)ccc1C. The summed E-state index contributed by atoms with van der Waals surface area (Å²) in [7, 11) is -3.29. The second-order valence-corrected chi connectivity index (χ2v) is 10.3. The Bertz CT molecular complexity index is 1140. The molecule has 1 fully saturated rings. The van der Waals surface area contributed by atoms with Gasteiger partial charge in [-0.15, -0.1) is 0 Å². The third kappa shape index (κ3) is 5.57. The third-order valence-electron chi connectivity index (χ3n) is 5.76. The largest absolute Gasteiger partial charge is 0.381 e.